The van der Waals surface area contributed by atoms with Crippen molar-refractivity contribution in [2.45, 2.75) is 19.3 Å². The van der Waals surface area contributed by atoms with Gasteiger partial charge in [-0.25, -0.2) is 9.78 Å². The van der Waals surface area contributed by atoms with Crippen LogP contribution >= 0.6 is 0 Å². The number of urea groups is 1. The summed E-state index contributed by atoms with van der Waals surface area (Å²) in [5, 5.41) is 3.83. The molecule has 1 saturated heterocycles. The number of benzene rings is 1. The second kappa shape index (κ2) is 9.07. The van der Waals surface area contributed by atoms with Gasteiger partial charge in [-0.05, 0) is 42.0 Å². The quantitative estimate of drug-likeness (QED) is 0.574. The van der Waals surface area contributed by atoms with E-state index in [0.717, 1.165) is 34.4 Å². The highest BCUT2D eigenvalue weighted by molar-refractivity contribution is 5.78. The fraction of sp³-hybridized carbons (Fsp3) is 0.364. The smallest absolute Gasteiger partial charge is 0.416 e. The number of likely N-dealkylation sites (tertiary alicyclic amines) is 1. The first-order valence-electron chi connectivity index (χ1n) is 10.1. The maximum Gasteiger partial charge on any atom is 0.416 e. The molecule has 1 aliphatic heterocycles. The number of H-pyrrole nitrogens is 1. The van der Waals surface area contributed by atoms with E-state index in [1.807, 2.05) is 12.1 Å². The van der Waals surface area contributed by atoms with Crippen LogP contribution in [0.15, 0.2) is 42.6 Å². The Hall–Kier alpha value is -3.27. The van der Waals surface area contributed by atoms with Crippen molar-refractivity contribution >= 4 is 17.1 Å². The zero-order chi connectivity index (χ0) is 22.7. The number of nitrogens with zero attached hydrogens (tertiary/aromatic N) is 2. The highest BCUT2D eigenvalue weighted by Crippen LogP contribution is 2.30. The Bertz CT molecular complexity index is 1080. The second-order valence-electron chi connectivity index (χ2n) is 7.77. The average molecular weight is 448 g/mol. The summed E-state index contributed by atoms with van der Waals surface area (Å²) in [5.41, 5.74) is 1.88. The van der Waals surface area contributed by atoms with Crippen molar-refractivity contribution in [3.8, 4) is 5.75 Å². The van der Waals surface area contributed by atoms with Crippen LogP contribution < -0.4 is 10.1 Å². The lowest BCUT2D eigenvalue weighted by Crippen LogP contribution is -2.55. The molecule has 0 spiro atoms. The molecule has 0 atom stereocenters. The first kappa shape index (κ1) is 21.9. The van der Waals surface area contributed by atoms with Crippen LogP contribution in [0.5, 0.6) is 5.75 Å². The van der Waals surface area contributed by atoms with Crippen LogP contribution in [0, 0.1) is 5.92 Å². The number of ether oxygens (including phenoxy) is 2. The average Bonchev–Trinajstić information content (AvgIpc) is 3.12. The van der Waals surface area contributed by atoms with Gasteiger partial charge in [-0.2, -0.15) is 13.2 Å². The minimum absolute atomic E-state index is 0.139. The van der Waals surface area contributed by atoms with Crippen LogP contribution in [0.2, 0.25) is 0 Å². The van der Waals surface area contributed by atoms with Crippen LogP contribution in [0.1, 0.15) is 16.8 Å². The number of aromatic amines is 1. The number of halogens is 3. The molecule has 0 bridgehead atoms. The first-order chi connectivity index (χ1) is 15.3. The largest absolute Gasteiger partial charge is 0.493 e. The third kappa shape index (κ3) is 5.13. The van der Waals surface area contributed by atoms with Crippen LogP contribution in [-0.4, -0.2) is 47.7 Å². The summed E-state index contributed by atoms with van der Waals surface area (Å²) in [5.74, 6) is 0.516. The maximum atomic E-state index is 12.6. The molecule has 7 nitrogen and oxygen atoms in total. The van der Waals surface area contributed by atoms with Gasteiger partial charge < -0.3 is 24.7 Å². The number of pyridine rings is 1. The summed E-state index contributed by atoms with van der Waals surface area (Å²) < 4.78 is 48.4. The summed E-state index contributed by atoms with van der Waals surface area (Å²) in [4.78, 5) is 21.5. The van der Waals surface area contributed by atoms with E-state index in [4.69, 9.17) is 9.47 Å². The van der Waals surface area contributed by atoms with Crippen molar-refractivity contribution in [1.82, 2.24) is 20.2 Å². The zero-order valence-electron chi connectivity index (χ0n) is 17.4. The number of hydrogen-bond donors (Lipinski definition) is 2. The lowest BCUT2D eigenvalue weighted by atomic mass is 10.0. The minimum atomic E-state index is -4.36. The molecule has 2 aromatic heterocycles. The standard InChI is InChI=1S/C22H23F3N4O3/c1-31-13-18-7-16-6-14(8-26-20(16)28-18)9-27-21(30)29-10-15(11-29)12-32-19-4-2-17(3-5-19)22(23,24)25/h2-8,15H,9-13H2,1H3,(H,26,28)(H,27,30). The molecule has 0 aliphatic carbocycles. The Labute approximate surface area is 182 Å². The van der Waals surface area contributed by atoms with Crippen molar-refractivity contribution in [3.63, 3.8) is 0 Å². The predicted molar refractivity (Wildman–Crippen MR) is 111 cm³/mol. The molecule has 10 heteroatoms. The molecule has 3 aromatic rings. The van der Waals surface area contributed by atoms with Gasteiger partial charge in [0.1, 0.15) is 11.4 Å². The van der Waals surface area contributed by atoms with E-state index in [1.54, 1.807) is 18.2 Å². The van der Waals surface area contributed by atoms with Crippen LogP contribution in [0.3, 0.4) is 0 Å². The molecule has 2 N–H and O–H groups in total. The third-order valence-electron chi connectivity index (χ3n) is 5.24. The molecule has 1 aliphatic rings. The summed E-state index contributed by atoms with van der Waals surface area (Å²) >= 11 is 0. The van der Waals surface area contributed by atoms with Gasteiger partial charge in [-0.1, -0.05) is 0 Å². The number of carbonyl (C=O) groups excluding carboxylic acids is 1. The van der Waals surface area contributed by atoms with Crippen molar-refractivity contribution in [2.24, 2.45) is 5.92 Å². The van der Waals surface area contributed by atoms with Gasteiger partial charge in [-0.3, -0.25) is 0 Å². The number of amides is 2. The molecule has 170 valence electrons. The van der Waals surface area contributed by atoms with Gasteiger partial charge in [-0.15, -0.1) is 0 Å². The van der Waals surface area contributed by atoms with Crippen molar-refractivity contribution in [3.05, 3.63) is 59.4 Å². The predicted octanol–water partition coefficient (Wildman–Crippen LogP) is 3.95. The Balaban J connectivity index is 1.20. The topological polar surface area (TPSA) is 79.5 Å². The van der Waals surface area contributed by atoms with Gasteiger partial charge in [0.15, 0.2) is 0 Å². The number of aromatic nitrogens is 2. The summed E-state index contributed by atoms with van der Waals surface area (Å²) in [6.07, 6.45) is -2.65. The monoisotopic (exact) mass is 448 g/mol. The number of nitrogens with one attached hydrogen (secondary N) is 2. The molecule has 4 rings (SSSR count). The van der Waals surface area contributed by atoms with Crippen LogP contribution in [-0.2, 0) is 24.1 Å². The van der Waals surface area contributed by atoms with E-state index in [2.05, 4.69) is 15.3 Å². The normalized spacial score (nSPS) is 14.4. The summed E-state index contributed by atoms with van der Waals surface area (Å²) in [7, 11) is 1.63. The number of methoxy groups -OCH3 is 1. The van der Waals surface area contributed by atoms with E-state index in [9.17, 15) is 18.0 Å². The lowest BCUT2D eigenvalue weighted by Gasteiger charge is -2.38. The second-order valence-corrected chi connectivity index (χ2v) is 7.77. The van der Waals surface area contributed by atoms with Crippen molar-refractivity contribution < 1.29 is 27.4 Å². The van der Waals surface area contributed by atoms with Crippen LogP contribution in [0.4, 0.5) is 18.0 Å². The highest BCUT2D eigenvalue weighted by Gasteiger charge is 2.32. The fourth-order valence-corrected chi connectivity index (χ4v) is 3.53. The van der Waals surface area contributed by atoms with Crippen molar-refractivity contribution in [1.29, 1.82) is 0 Å². The minimum Gasteiger partial charge on any atom is -0.493 e. The molecule has 0 unspecified atom stereocenters. The van der Waals surface area contributed by atoms with Crippen LogP contribution in [0.25, 0.3) is 11.0 Å². The van der Waals surface area contributed by atoms with E-state index < -0.39 is 11.7 Å². The molecular formula is C22H23F3N4O3. The van der Waals surface area contributed by atoms with E-state index >= 15 is 0 Å². The maximum absolute atomic E-state index is 12.6. The molecule has 3 heterocycles. The molecule has 1 aromatic carbocycles. The molecule has 1 fully saturated rings. The summed E-state index contributed by atoms with van der Waals surface area (Å²) in [6.45, 7) is 2.23. The Morgan fingerprint density at radius 1 is 1.25 bits per heavy atom. The fourth-order valence-electron chi connectivity index (χ4n) is 3.53. The molecular weight excluding hydrogens is 425 g/mol. The number of alkyl halides is 3. The number of rotatable bonds is 7. The van der Waals surface area contributed by atoms with Gasteiger partial charge in [0.2, 0.25) is 0 Å². The molecule has 32 heavy (non-hydrogen) atoms. The molecule has 2 amide bonds. The first-order valence-corrected chi connectivity index (χ1v) is 10.1. The zero-order valence-corrected chi connectivity index (χ0v) is 17.4. The SMILES string of the molecule is COCc1cc2cc(CNC(=O)N3CC(COc4ccc(C(F)(F)F)cc4)C3)cnc2[nH]1. The Morgan fingerprint density at radius 3 is 2.69 bits per heavy atom. The van der Waals surface area contributed by atoms with E-state index in [1.165, 1.54) is 12.1 Å². The van der Waals surface area contributed by atoms with Gasteiger partial charge >= 0.3 is 12.2 Å². The number of carbonyl (C=O) groups is 1. The van der Waals surface area contributed by atoms with Gasteiger partial charge in [0.05, 0.1) is 18.8 Å². The molecule has 0 radical (unpaired) electrons. The highest BCUT2D eigenvalue weighted by atomic mass is 19.4. The molecule has 0 saturated carbocycles. The Kier molecular flexibility index (Phi) is 6.22. The lowest BCUT2D eigenvalue weighted by molar-refractivity contribution is -0.137. The third-order valence-corrected chi connectivity index (χ3v) is 5.24. The Morgan fingerprint density at radius 2 is 2.00 bits per heavy atom. The number of fused-ring (bicyclic) bond motifs is 1. The summed E-state index contributed by atoms with van der Waals surface area (Å²) in [6, 6.07) is 8.36. The number of hydrogen-bond acceptors (Lipinski definition) is 4. The van der Waals surface area contributed by atoms with Gasteiger partial charge in [0.25, 0.3) is 0 Å². The van der Waals surface area contributed by atoms with Crippen molar-refractivity contribution in [2.75, 3.05) is 26.8 Å². The van der Waals surface area contributed by atoms with E-state index in [0.29, 0.717) is 38.6 Å². The van der Waals surface area contributed by atoms with E-state index in [-0.39, 0.29) is 11.9 Å². The van der Waals surface area contributed by atoms with Gasteiger partial charge in [0, 0.05) is 49.9 Å².